The van der Waals surface area contributed by atoms with E-state index in [1.54, 1.807) is 12.4 Å². The molecule has 0 aromatic carbocycles. The van der Waals surface area contributed by atoms with Crippen molar-refractivity contribution in [2.45, 2.75) is 12.6 Å². The van der Waals surface area contributed by atoms with E-state index in [1.807, 2.05) is 6.07 Å². The van der Waals surface area contributed by atoms with Crippen molar-refractivity contribution in [2.24, 2.45) is 0 Å². The van der Waals surface area contributed by atoms with Gasteiger partial charge in [-0.3, -0.25) is 9.80 Å². The van der Waals surface area contributed by atoms with Crippen molar-refractivity contribution >= 4 is 5.95 Å². The number of aromatic nitrogens is 4. The fourth-order valence-corrected chi connectivity index (χ4v) is 3.11. The molecule has 0 amide bonds. The highest BCUT2D eigenvalue weighted by Crippen LogP contribution is 2.19. The first kappa shape index (κ1) is 13.6. The van der Waals surface area contributed by atoms with E-state index in [0.717, 1.165) is 57.6 Å². The Morgan fingerprint density at radius 1 is 1.05 bits per heavy atom. The van der Waals surface area contributed by atoms with Crippen molar-refractivity contribution in [3.8, 4) is 0 Å². The van der Waals surface area contributed by atoms with Crippen molar-refractivity contribution in [2.75, 3.05) is 44.2 Å². The summed E-state index contributed by atoms with van der Waals surface area (Å²) in [5.41, 5.74) is 0. The molecule has 0 bridgehead atoms. The first-order chi connectivity index (χ1) is 10.9. The maximum absolute atomic E-state index is 4.77. The van der Waals surface area contributed by atoms with Gasteiger partial charge in [0.1, 0.15) is 0 Å². The number of rotatable bonds is 4. The van der Waals surface area contributed by atoms with Crippen LogP contribution in [0, 0.1) is 0 Å². The molecule has 0 saturated carbocycles. The predicted octanol–water partition coefficient (Wildman–Crippen LogP) is -0.134. The van der Waals surface area contributed by atoms with Gasteiger partial charge in [-0.15, -0.1) is 0 Å². The Balaban J connectivity index is 1.24. The van der Waals surface area contributed by atoms with E-state index in [-0.39, 0.29) is 0 Å². The van der Waals surface area contributed by atoms with Crippen LogP contribution in [0.1, 0.15) is 5.82 Å². The SMILES string of the molecule is c1cnc(N2CCN(C3CN(Cc4ncon4)C3)CC2)nc1. The third-order valence-corrected chi connectivity index (χ3v) is 4.38. The normalized spacial score (nSPS) is 21.0. The minimum Gasteiger partial charge on any atom is -0.343 e. The van der Waals surface area contributed by atoms with Crippen molar-refractivity contribution < 1.29 is 4.52 Å². The lowest BCUT2D eigenvalue weighted by atomic mass is 10.1. The summed E-state index contributed by atoms with van der Waals surface area (Å²) in [6, 6.07) is 2.50. The van der Waals surface area contributed by atoms with Gasteiger partial charge in [0.15, 0.2) is 5.82 Å². The molecule has 116 valence electrons. The van der Waals surface area contributed by atoms with Gasteiger partial charge in [-0.25, -0.2) is 9.97 Å². The average molecular weight is 301 g/mol. The zero-order chi connectivity index (χ0) is 14.8. The fraction of sp³-hybridized carbons (Fsp3) is 0.571. The summed E-state index contributed by atoms with van der Waals surface area (Å²) < 4.78 is 4.77. The summed E-state index contributed by atoms with van der Waals surface area (Å²) in [4.78, 5) is 19.9. The van der Waals surface area contributed by atoms with Crippen LogP contribution in [0.3, 0.4) is 0 Å². The van der Waals surface area contributed by atoms with Gasteiger partial charge in [-0.05, 0) is 6.07 Å². The van der Waals surface area contributed by atoms with Crippen molar-refractivity contribution in [1.82, 2.24) is 29.9 Å². The Hall–Kier alpha value is -2.06. The third kappa shape index (κ3) is 2.79. The first-order valence-electron chi connectivity index (χ1n) is 7.62. The van der Waals surface area contributed by atoms with E-state index >= 15 is 0 Å². The molecule has 2 fully saturated rings. The quantitative estimate of drug-likeness (QED) is 0.773. The molecule has 8 heteroatoms. The van der Waals surface area contributed by atoms with E-state index in [1.165, 1.54) is 6.39 Å². The Labute approximate surface area is 128 Å². The molecule has 0 atom stereocenters. The zero-order valence-electron chi connectivity index (χ0n) is 12.4. The summed E-state index contributed by atoms with van der Waals surface area (Å²) in [6.45, 7) is 7.06. The minimum absolute atomic E-state index is 0.644. The highest BCUT2D eigenvalue weighted by atomic mass is 16.5. The molecule has 0 radical (unpaired) electrons. The van der Waals surface area contributed by atoms with Gasteiger partial charge in [0.25, 0.3) is 0 Å². The molecular weight excluding hydrogens is 282 g/mol. The molecule has 4 rings (SSSR count). The van der Waals surface area contributed by atoms with E-state index in [2.05, 4.69) is 34.8 Å². The second kappa shape index (κ2) is 5.98. The lowest BCUT2D eigenvalue weighted by Gasteiger charge is -2.47. The summed E-state index contributed by atoms with van der Waals surface area (Å²) in [7, 11) is 0. The zero-order valence-corrected chi connectivity index (χ0v) is 12.4. The van der Waals surface area contributed by atoms with Crippen LogP contribution in [0.2, 0.25) is 0 Å². The van der Waals surface area contributed by atoms with E-state index < -0.39 is 0 Å². The summed E-state index contributed by atoms with van der Waals surface area (Å²) in [6.07, 6.45) is 4.99. The topological polar surface area (TPSA) is 74.4 Å². The third-order valence-electron chi connectivity index (χ3n) is 4.38. The predicted molar refractivity (Wildman–Crippen MR) is 79.2 cm³/mol. The van der Waals surface area contributed by atoms with Gasteiger partial charge in [-0.2, -0.15) is 4.98 Å². The Kier molecular flexibility index (Phi) is 3.69. The molecule has 2 saturated heterocycles. The van der Waals surface area contributed by atoms with Crippen LogP contribution in [0.4, 0.5) is 5.95 Å². The van der Waals surface area contributed by atoms with Crippen LogP contribution in [-0.2, 0) is 6.54 Å². The van der Waals surface area contributed by atoms with Crippen LogP contribution in [0.5, 0.6) is 0 Å². The molecule has 2 aromatic rings. The number of hydrogen-bond donors (Lipinski definition) is 0. The standard InChI is InChI=1S/C14H19N7O/c1-2-15-14(16-3-1)21-6-4-20(5-7-21)12-8-19(9-12)10-13-17-11-22-18-13/h1-3,11-12H,4-10H2. The van der Waals surface area contributed by atoms with Crippen LogP contribution in [-0.4, -0.2) is 75.2 Å². The van der Waals surface area contributed by atoms with Gasteiger partial charge in [0.05, 0.1) is 6.54 Å². The van der Waals surface area contributed by atoms with Crippen LogP contribution < -0.4 is 4.90 Å². The van der Waals surface area contributed by atoms with Crippen molar-refractivity contribution in [1.29, 1.82) is 0 Å². The number of piperazine rings is 1. The molecule has 0 unspecified atom stereocenters. The van der Waals surface area contributed by atoms with Crippen LogP contribution in [0.25, 0.3) is 0 Å². The van der Waals surface area contributed by atoms with Gasteiger partial charge >= 0.3 is 0 Å². The van der Waals surface area contributed by atoms with Gasteiger partial charge in [0, 0.05) is 57.7 Å². The molecule has 0 aliphatic carbocycles. The molecular formula is C14H19N7O. The van der Waals surface area contributed by atoms with Crippen molar-refractivity contribution in [3.63, 3.8) is 0 Å². The lowest BCUT2D eigenvalue weighted by Crippen LogP contribution is -2.62. The van der Waals surface area contributed by atoms with Gasteiger partial charge in [0.2, 0.25) is 12.3 Å². The van der Waals surface area contributed by atoms with E-state index in [9.17, 15) is 0 Å². The largest absolute Gasteiger partial charge is 0.343 e. The average Bonchev–Trinajstić information content (AvgIpc) is 3.05. The molecule has 2 aliphatic heterocycles. The van der Waals surface area contributed by atoms with Crippen molar-refractivity contribution in [3.05, 3.63) is 30.7 Å². The lowest BCUT2D eigenvalue weighted by molar-refractivity contribution is 0.0235. The smallest absolute Gasteiger partial charge is 0.225 e. The van der Waals surface area contributed by atoms with E-state index in [0.29, 0.717) is 6.04 Å². The van der Waals surface area contributed by atoms with Gasteiger partial charge < -0.3 is 9.42 Å². The highest BCUT2D eigenvalue weighted by Gasteiger charge is 2.34. The summed E-state index contributed by atoms with van der Waals surface area (Å²) in [5.74, 6) is 1.61. The Morgan fingerprint density at radius 2 is 1.82 bits per heavy atom. The highest BCUT2D eigenvalue weighted by molar-refractivity contribution is 5.29. The minimum atomic E-state index is 0.644. The second-order valence-electron chi connectivity index (χ2n) is 5.77. The molecule has 8 nitrogen and oxygen atoms in total. The Bertz CT molecular complexity index is 577. The number of likely N-dealkylation sites (tertiary alicyclic amines) is 1. The maximum Gasteiger partial charge on any atom is 0.225 e. The summed E-state index contributed by atoms with van der Waals surface area (Å²) in [5, 5.41) is 3.86. The summed E-state index contributed by atoms with van der Waals surface area (Å²) >= 11 is 0. The fourth-order valence-electron chi connectivity index (χ4n) is 3.11. The van der Waals surface area contributed by atoms with Crippen LogP contribution in [0.15, 0.2) is 29.4 Å². The molecule has 0 N–H and O–H groups in total. The maximum atomic E-state index is 4.77. The Morgan fingerprint density at radius 3 is 2.50 bits per heavy atom. The molecule has 2 aromatic heterocycles. The second-order valence-corrected chi connectivity index (χ2v) is 5.77. The monoisotopic (exact) mass is 301 g/mol. The van der Waals surface area contributed by atoms with Crippen LogP contribution >= 0.6 is 0 Å². The molecule has 2 aliphatic rings. The number of anilines is 1. The molecule has 4 heterocycles. The number of hydrogen-bond acceptors (Lipinski definition) is 8. The van der Waals surface area contributed by atoms with E-state index in [4.69, 9.17) is 4.52 Å². The molecule has 0 spiro atoms. The van der Waals surface area contributed by atoms with Gasteiger partial charge in [-0.1, -0.05) is 5.16 Å². The first-order valence-corrected chi connectivity index (χ1v) is 7.62. The molecule has 22 heavy (non-hydrogen) atoms. The number of nitrogens with zero attached hydrogens (tertiary/aromatic N) is 7.